The highest BCUT2D eigenvalue weighted by Crippen LogP contribution is 2.31. The molecule has 1 aliphatic carbocycles. The Bertz CT molecular complexity index is 764. The molecule has 0 saturated heterocycles. The molecule has 0 aliphatic heterocycles. The molecule has 124 valence electrons. The fraction of sp³-hybridized carbons (Fsp3) is 0.263. The zero-order chi connectivity index (χ0) is 17.2. The normalized spacial score (nSPS) is 15.9. The molecular formula is C19H18FNO3. The fourth-order valence-electron chi connectivity index (χ4n) is 3.22. The summed E-state index contributed by atoms with van der Waals surface area (Å²) in [6, 6.07) is 12.8. The first-order valence-electron chi connectivity index (χ1n) is 7.93. The summed E-state index contributed by atoms with van der Waals surface area (Å²) in [5.41, 5.74) is 0.551. The third-order valence-corrected chi connectivity index (χ3v) is 4.55. The predicted octanol–water partition coefficient (Wildman–Crippen LogP) is 3.62. The molecular weight excluding hydrogens is 309 g/mol. The van der Waals surface area contributed by atoms with Crippen LogP contribution in [0.1, 0.15) is 36.0 Å². The van der Waals surface area contributed by atoms with E-state index in [9.17, 15) is 19.1 Å². The van der Waals surface area contributed by atoms with E-state index in [1.165, 1.54) is 12.1 Å². The number of carbonyl (C=O) groups excluding carboxylic acids is 1. The van der Waals surface area contributed by atoms with Crippen molar-refractivity contribution >= 4 is 11.9 Å². The third kappa shape index (κ3) is 3.02. The molecule has 0 bridgehead atoms. The minimum absolute atomic E-state index is 0.350. The van der Waals surface area contributed by atoms with Crippen molar-refractivity contribution in [2.75, 3.05) is 0 Å². The molecule has 4 nitrogen and oxygen atoms in total. The van der Waals surface area contributed by atoms with Gasteiger partial charge in [-0.15, -0.1) is 0 Å². The van der Waals surface area contributed by atoms with E-state index in [4.69, 9.17) is 0 Å². The number of nitrogens with one attached hydrogen (secondary N) is 1. The van der Waals surface area contributed by atoms with Crippen LogP contribution in [-0.2, 0) is 4.79 Å². The molecule has 1 saturated carbocycles. The second-order valence-corrected chi connectivity index (χ2v) is 6.10. The Hall–Kier alpha value is -2.69. The highest BCUT2D eigenvalue weighted by Gasteiger charge is 2.42. The van der Waals surface area contributed by atoms with E-state index in [-0.39, 0.29) is 5.82 Å². The number of halogens is 1. The Morgan fingerprint density at radius 3 is 2.25 bits per heavy atom. The van der Waals surface area contributed by atoms with Crippen LogP contribution < -0.4 is 5.32 Å². The van der Waals surface area contributed by atoms with Crippen LogP contribution in [0.4, 0.5) is 4.39 Å². The Balaban J connectivity index is 1.93. The molecule has 0 atom stereocenters. The summed E-state index contributed by atoms with van der Waals surface area (Å²) >= 11 is 0. The molecule has 24 heavy (non-hydrogen) atoms. The zero-order valence-corrected chi connectivity index (χ0v) is 13.1. The van der Waals surface area contributed by atoms with Crippen molar-refractivity contribution in [2.24, 2.45) is 0 Å². The first-order chi connectivity index (χ1) is 11.5. The van der Waals surface area contributed by atoms with Gasteiger partial charge in [-0.1, -0.05) is 43.2 Å². The SMILES string of the molecule is O=C(NC1(C(=O)O)CCCC1)c1ccccc1-c1ccc(F)cc1. The van der Waals surface area contributed by atoms with E-state index in [0.717, 1.165) is 12.8 Å². The molecule has 1 amide bonds. The molecule has 2 N–H and O–H groups in total. The lowest BCUT2D eigenvalue weighted by atomic mass is 9.95. The summed E-state index contributed by atoms with van der Waals surface area (Å²) in [7, 11) is 0. The molecule has 5 heteroatoms. The molecule has 2 aromatic rings. The minimum Gasteiger partial charge on any atom is -0.480 e. The summed E-state index contributed by atoms with van der Waals surface area (Å²) in [4.78, 5) is 24.3. The molecule has 0 unspecified atom stereocenters. The largest absolute Gasteiger partial charge is 0.480 e. The van der Waals surface area contributed by atoms with Gasteiger partial charge in [0, 0.05) is 5.56 Å². The van der Waals surface area contributed by atoms with Gasteiger partial charge in [0.15, 0.2) is 0 Å². The van der Waals surface area contributed by atoms with Gasteiger partial charge >= 0.3 is 5.97 Å². The molecule has 3 rings (SSSR count). The molecule has 0 heterocycles. The number of hydrogen-bond acceptors (Lipinski definition) is 2. The van der Waals surface area contributed by atoms with Gasteiger partial charge in [-0.05, 0) is 42.2 Å². The van der Waals surface area contributed by atoms with E-state index in [0.29, 0.717) is 29.5 Å². The third-order valence-electron chi connectivity index (χ3n) is 4.55. The van der Waals surface area contributed by atoms with Gasteiger partial charge in [0.1, 0.15) is 11.4 Å². The average Bonchev–Trinajstić information content (AvgIpc) is 3.05. The van der Waals surface area contributed by atoms with Gasteiger partial charge in [-0.25, -0.2) is 9.18 Å². The highest BCUT2D eigenvalue weighted by molar-refractivity contribution is 6.03. The summed E-state index contributed by atoms with van der Waals surface area (Å²) in [5, 5.41) is 12.2. The van der Waals surface area contributed by atoms with Crippen LogP contribution in [0.5, 0.6) is 0 Å². The van der Waals surface area contributed by atoms with Gasteiger partial charge in [-0.3, -0.25) is 4.79 Å². The lowest BCUT2D eigenvalue weighted by Crippen LogP contribution is -2.52. The van der Waals surface area contributed by atoms with Crippen molar-refractivity contribution in [1.82, 2.24) is 5.32 Å². The van der Waals surface area contributed by atoms with Crippen LogP contribution in [0.15, 0.2) is 48.5 Å². The van der Waals surface area contributed by atoms with Gasteiger partial charge in [0.05, 0.1) is 0 Å². The maximum Gasteiger partial charge on any atom is 0.329 e. The maximum absolute atomic E-state index is 13.1. The smallest absolute Gasteiger partial charge is 0.329 e. The Morgan fingerprint density at radius 2 is 1.62 bits per heavy atom. The molecule has 1 fully saturated rings. The fourth-order valence-corrected chi connectivity index (χ4v) is 3.22. The number of carbonyl (C=O) groups is 2. The van der Waals surface area contributed by atoms with Crippen molar-refractivity contribution in [3.05, 3.63) is 59.9 Å². The number of benzene rings is 2. The molecule has 1 aliphatic rings. The Kier molecular flexibility index (Phi) is 4.34. The first-order valence-corrected chi connectivity index (χ1v) is 7.93. The summed E-state index contributed by atoms with van der Waals surface area (Å²) < 4.78 is 13.1. The predicted molar refractivity (Wildman–Crippen MR) is 88.1 cm³/mol. The van der Waals surface area contributed by atoms with E-state index < -0.39 is 17.4 Å². The van der Waals surface area contributed by atoms with Gasteiger partial charge in [-0.2, -0.15) is 0 Å². The number of rotatable bonds is 4. The molecule has 0 spiro atoms. The van der Waals surface area contributed by atoms with Crippen LogP contribution in [0, 0.1) is 5.82 Å². The quantitative estimate of drug-likeness (QED) is 0.901. The molecule has 0 aromatic heterocycles. The van der Waals surface area contributed by atoms with Gasteiger partial charge in [0.2, 0.25) is 0 Å². The van der Waals surface area contributed by atoms with E-state index in [1.54, 1.807) is 36.4 Å². The van der Waals surface area contributed by atoms with Crippen molar-refractivity contribution in [2.45, 2.75) is 31.2 Å². The number of hydrogen-bond donors (Lipinski definition) is 2. The monoisotopic (exact) mass is 327 g/mol. The number of amides is 1. The van der Waals surface area contributed by atoms with Crippen LogP contribution in [-0.4, -0.2) is 22.5 Å². The van der Waals surface area contributed by atoms with Crippen LogP contribution in [0.3, 0.4) is 0 Å². The zero-order valence-electron chi connectivity index (χ0n) is 13.1. The van der Waals surface area contributed by atoms with Crippen molar-refractivity contribution in [3.8, 4) is 11.1 Å². The first kappa shape index (κ1) is 16.2. The number of carboxylic acid groups (broad SMARTS) is 1. The summed E-state index contributed by atoms with van der Waals surface area (Å²) in [6.07, 6.45) is 2.44. The van der Waals surface area contributed by atoms with Gasteiger partial charge < -0.3 is 10.4 Å². The van der Waals surface area contributed by atoms with E-state index in [1.807, 2.05) is 0 Å². The highest BCUT2D eigenvalue weighted by atomic mass is 19.1. The minimum atomic E-state index is -1.19. The van der Waals surface area contributed by atoms with Crippen molar-refractivity contribution < 1.29 is 19.1 Å². The maximum atomic E-state index is 13.1. The second kappa shape index (κ2) is 6.43. The number of aliphatic carboxylic acids is 1. The number of carboxylic acids is 1. The summed E-state index contributed by atoms with van der Waals surface area (Å²) in [5.74, 6) is -1.76. The van der Waals surface area contributed by atoms with Crippen LogP contribution >= 0.6 is 0 Å². The van der Waals surface area contributed by atoms with E-state index >= 15 is 0 Å². The molecule has 2 aromatic carbocycles. The molecule has 0 radical (unpaired) electrons. The van der Waals surface area contributed by atoms with Crippen LogP contribution in [0.2, 0.25) is 0 Å². The lowest BCUT2D eigenvalue weighted by Gasteiger charge is -2.26. The second-order valence-electron chi connectivity index (χ2n) is 6.10. The van der Waals surface area contributed by atoms with Crippen molar-refractivity contribution in [3.63, 3.8) is 0 Å². The summed E-state index contributed by atoms with van der Waals surface area (Å²) in [6.45, 7) is 0. The van der Waals surface area contributed by atoms with Gasteiger partial charge in [0.25, 0.3) is 5.91 Å². The topological polar surface area (TPSA) is 66.4 Å². The van der Waals surface area contributed by atoms with Crippen molar-refractivity contribution in [1.29, 1.82) is 0 Å². The lowest BCUT2D eigenvalue weighted by molar-refractivity contribution is -0.144. The Labute approximate surface area is 139 Å². The van der Waals surface area contributed by atoms with Crippen LogP contribution in [0.25, 0.3) is 11.1 Å². The Morgan fingerprint density at radius 1 is 1.00 bits per heavy atom. The van der Waals surface area contributed by atoms with E-state index in [2.05, 4.69) is 5.32 Å². The standard InChI is InChI=1S/C19H18FNO3/c20-14-9-7-13(8-10-14)15-5-1-2-6-16(15)17(22)21-19(18(23)24)11-3-4-12-19/h1-2,5-10H,3-4,11-12H2,(H,21,22)(H,23,24). The average molecular weight is 327 g/mol.